The molecule has 2 unspecified atom stereocenters. The van der Waals surface area contributed by atoms with Crippen molar-refractivity contribution in [3.8, 4) is 0 Å². The summed E-state index contributed by atoms with van der Waals surface area (Å²) < 4.78 is 26.4. The van der Waals surface area contributed by atoms with Crippen LogP contribution in [-0.4, -0.2) is 32.0 Å². The summed E-state index contributed by atoms with van der Waals surface area (Å²) in [6, 6.07) is 0. The summed E-state index contributed by atoms with van der Waals surface area (Å²) in [7, 11) is -9.71. The van der Waals surface area contributed by atoms with E-state index in [1.54, 1.807) is 0 Å². The molecule has 0 bridgehead atoms. The molecule has 0 rings (SSSR count). The van der Waals surface area contributed by atoms with Crippen molar-refractivity contribution in [3.05, 3.63) is 0 Å². The molecule has 110 valence electrons. The van der Waals surface area contributed by atoms with E-state index in [1.807, 2.05) is 0 Å². The zero-order valence-corrected chi connectivity index (χ0v) is 12.2. The van der Waals surface area contributed by atoms with Gasteiger partial charge in [-0.25, -0.2) is 0 Å². The van der Waals surface area contributed by atoms with Gasteiger partial charge in [0.05, 0.1) is 6.61 Å². The molecule has 2 atom stereocenters. The van der Waals surface area contributed by atoms with Gasteiger partial charge in [-0.05, 0) is 6.42 Å². The van der Waals surface area contributed by atoms with Crippen LogP contribution in [0, 0.1) is 0 Å². The van der Waals surface area contributed by atoms with Gasteiger partial charge in [-0.15, -0.1) is 0 Å². The van der Waals surface area contributed by atoms with Gasteiger partial charge in [-0.2, -0.15) is 0 Å². The first-order valence-corrected chi connectivity index (χ1v) is 9.25. The van der Waals surface area contributed by atoms with Gasteiger partial charge in [0.25, 0.3) is 5.59 Å². The Hall–Kier alpha value is 0.260. The van der Waals surface area contributed by atoms with Crippen molar-refractivity contribution < 1.29 is 33.4 Å². The SMILES string of the molecule is CCCCCCCCOP(=O)(O)C(O)P(=O)(O)O. The maximum atomic E-state index is 11.3. The van der Waals surface area contributed by atoms with Gasteiger partial charge in [0.1, 0.15) is 0 Å². The number of hydrogen-bond acceptors (Lipinski definition) is 4. The molecule has 0 aromatic rings. The van der Waals surface area contributed by atoms with Crippen LogP contribution in [0.25, 0.3) is 0 Å². The number of aliphatic hydroxyl groups is 1. The minimum Gasteiger partial charge on any atom is -0.370 e. The van der Waals surface area contributed by atoms with E-state index >= 15 is 0 Å². The molecule has 0 saturated carbocycles. The molecule has 0 heterocycles. The molecule has 9 heteroatoms. The summed E-state index contributed by atoms with van der Waals surface area (Å²) in [6.07, 6.45) is 5.65. The fourth-order valence-corrected chi connectivity index (χ4v) is 3.58. The zero-order chi connectivity index (χ0) is 14.2. The van der Waals surface area contributed by atoms with Crippen LogP contribution in [0.1, 0.15) is 45.4 Å². The fourth-order valence-electron chi connectivity index (χ4n) is 1.33. The van der Waals surface area contributed by atoms with Gasteiger partial charge in [0.15, 0.2) is 0 Å². The van der Waals surface area contributed by atoms with Crippen LogP contribution < -0.4 is 0 Å². The summed E-state index contributed by atoms with van der Waals surface area (Å²) in [5.41, 5.74) is -2.66. The van der Waals surface area contributed by atoms with E-state index in [0.29, 0.717) is 6.42 Å². The fraction of sp³-hybridized carbons (Fsp3) is 1.00. The molecular formula is C9H22O7P2. The van der Waals surface area contributed by atoms with Crippen LogP contribution in [0.2, 0.25) is 0 Å². The Kier molecular flexibility index (Phi) is 8.56. The lowest BCUT2D eigenvalue weighted by atomic mass is 10.1. The molecule has 0 spiro atoms. The monoisotopic (exact) mass is 304 g/mol. The second kappa shape index (κ2) is 8.43. The molecule has 4 N–H and O–H groups in total. The van der Waals surface area contributed by atoms with Gasteiger partial charge in [0, 0.05) is 0 Å². The number of rotatable bonds is 10. The third kappa shape index (κ3) is 7.64. The summed E-state index contributed by atoms with van der Waals surface area (Å²) in [5.74, 6) is 0. The average molecular weight is 304 g/mol. The van der Waals surface area contributed by atoms with Crippen LogP contribution in [0.3, 0.4) is 0 Å². The Bertz CT molecular complexity index is 314. The summed E-state index contributed by atoms with van der Waals surface area (Å²) in [5, 5.41) is 8.98. The van der Waals surface area contributed by atoms with Crippen molar-refractivity contribution in [2.75, 3.05) is 6.61 Å². The molecule has 18 heavy (non-hydrogen) atoms. The molecule has 0 aromatic carbocycles. The number of hydrogen-bond donors (Lipinski definition) is 4. The second-order valence-corrected chi connectivity index (χ2v) is 8.05. The van der Waals surface area contributed by atoms with E-state index in [9.17, 15) is 9.13 Å². The van der Waals surface area contributed by atoms with Crippen molar-refractivity contribution in [2.24, 2.45) is 0 Å². The highest BCUT2D eigenvalue weighted by Crippen LogP contribution is 2.61. The van der Waals surface area contributed by atoms with Crippen LogP contribution >= 0.6 is 15.2 Å². The van der Waals surface area contributed by atoms with E-state index in [-0.39, 0.29) is 6.61 Å². The molecular weight excluding hydrogens is 282 g/mol. The third-order valence-corrected chi connectivity index (χ3v) is 5.88. The van der Waals surface area contributed by atoms with Crippen LogP contribution in [-0.2, 0) is 13.7 Å². The maximum Gasteiger partial charge on any atom is 0.368 e. The molecule has 0 saturated heterocycles. The number of aliphatic hydroxyl groups excluding tert-OH is 1. The Labute approximate surface area is 107 Å². The van der Waals surface area contributed by atoms with Crippen molar-refractivity contribution in [1.29, 1.82) is 0 Å². The quantitative estimate of drug-likeness (QED) is 0.359. The predicted molar refractivity (Wildman–Crippen MR) is 67.2 cm³/mol. The minimum atomic E-state index is -5.03. The Morgan fingerprint density at radius 1 is 1.00 bits per heavy atom. The van der Waals surface area contributed by atoms with E-state index in [0.717, 1.165) is 32.1 Å². The van der Waals surface area contributed by atoms with E-state index in [4.69, 9.17) is 19.8 Å². The molecule has 0 aliphatic rings. The lowest BCUT2D eigenvalue weighted by Gasteiger charge is -2.18. The zero-order valence-electron chi connectivity index (χ0n) is 10.4. The summed E-state index contributed by atoms with van der Waals surface area (Å²) in [4.78, 5) is 26.3. The van der Waals surface area contributed by atoms with E-state index < -0.39 is 20.8 Å². The normalized spacial score (nSPS) is 17.4. The Morgan fingerprint density at radius 2 is 1.50 bits per heavy atom. The Balaban J connectivity index is 3.85. The second-order valence-electron chi connectivity index (χ2n) is 4.10. The van der Waals surface area contributed by atoms with E-state index in [2.05, 4.69) is 11.4 Å². The molecule has 0 fully saturated rings. The van der Waals surface area contributed by atoms with Gasteiger partial charge in [0.2, 0.25) is 0 Å². The van der Waals surface area contributed by atoms with Crippen molar-refractivity contribution >= 4 is 15.2 Å². The highest BCUT2D eigenvalue weighted by molar-refractivity contribution is 7.70. The topological polar surface area (TPSA) is 124 Å². The molecule has 0 radical (unpaired) electrons. The van der Waals surface area contributed by atoms with Crippen LogP contribution in [0.15, 0.2) is 0 Å². The summed E-state index contributed by atoms with van der Waals surface area (Å²) in [6.45, 7) is 1.99. The molecule has 0 aromatic heterocycles. The molecule has 0 aliphatic heterocycles. The highest BCUT2D eigenvalue weighted by Gasteiger charge is 2.44. The third-order valence-electron chi connectivity index (χ3n) is 2.37. The first kappa shape index (κ1) is 18.3. The smallest absolute Gasteiger partial charge is 0.368 e. The standard InChI is InChI=1S/C9H22O7P2/c1-2-3-4-5-6-7-8-16-18(14,15)9(10)17(11,12)13/h9-10H,2-8H2,1H3,(H,14,15)(H2,11,12,13). The lowest BCUT2D eigenvalue weighted by molar-refractivity contribution is 0.186. The molecule has 0 aliphatic carbocycles. The van der Waals surface area contributed by atoms with Crippen molar-refractivity contribution in [1.82, 2.24) is 0 Å². The predicted octanol–water partition coefficient (Wildman–Crippen LogP) is 2.00. The Morgan fingerprint density at radius 3 is 2.00 bits per heavy atom. The first-order valence-electron chi connectivity index (χ1n) is 5.92. The average Bonchev–Trinajstić information content (AvgIpc) is 2.25. The van der Waals surface area contributed by atoms with Gasteiger partial charge < -0.3 is 24.3 Å². The minimum absolute atomic E-state index is 0.100. The van der Waals surface area contributed by atoms with Gasteiger partial charge in [-0.3, -0.25) is 9.13 Å². The van der Waals surface area contributed by atoms with Crippen molar-refractivity contribution in [3.63, 3.8) is 0 Å². The van der Waals surface area contributed by atoms with E-state index in [1.165, 1.54) is 0 Å². The molecule has 7 nitrogen and oxygen atoms in total. The highest BCUT2D eigenvalue weighted by atomic mass is 31.2. The van der Waals surface area contributed by atoms with Crippen LogP contribution in [0.5, 0.6) is 0 Å². The maximum absolute atomic E-state index is 11.3. The van der Waals surface area contributed by atoms with Gasteiger partial charge in [-0.1, -0.05) is 39.0 Å². The van der Waals surface area contributed by atoms with Crippen LogP contribution in [0.4, 0.5) is 0 Å². The lowest BCUT2D eigenvalue weighted by Crippen LogP contribution is -2.10. The van der Waals surface area contributed by atoms with Crippen molar-refractivity contribution in [2.45, 2.75) is 51.0 Å². The largest absolute Gasteiger partial charge is 0.370 e. The number of unbranched alkanes of at least 4 members (excludes halogenated alkanes) is 5. The summed E-state index contributed by atoms with van der Waals surface area (Å²) >= 11 is 0. The van der Waals surface area contributed by atoms with Gasteiger partial charge >= 0.3 is 15.2 Å². The first-order chi connectivity index (χ1) is 8.22. The molecule has 0 amide bonds.